The molecular formula is C15H23FN2. The zero-order chi connectivity index (χ0) is 13.0. The Kier molecular flexibility index (Phi) is 4.36. The van der Waals surface area contributed by atoms with E-state index in [0.717, 1.165) is 25.2 Å². The first-order valence-electron chi connectivity index (χ1n) is 6.78. The second-order valence-electron chi connectivity index (χ2n) is 5.54. The molecule has 0 aromatic heterocycles. The lowest BCUT2D eigenvalue weighted by Gasteiger charge is -2.32. The number of halogens is 1. The fourth-order valence-electron chi connectivity index (χ4n) is 2.89. The molecule has 2 rings (SSSR count). The number of nitrogens with zero attached hydrogens (tertiary/aromatic N) is 1. The summed E-state index contributed by atoms with van der Waals surface area (Å²) < 4.78 is 13.6. The molecule has 1 atom stereocenters. The van der Waals surface area contributed by atoms with Crippen LogP contribution in [-0.4, -0.2) is 31.6 Å². The van der Waals surface area contributed by atoms with Crippen LogP contribution in [0.25, 0.3) is 0 Å². The molecule has 1 saturated heterocycles. The Balaban J connectivity index is 1.96. The Bertz CT molecular complexity index is 386. The number of hydrogen-bond acceptors (Lipinski definition) is 2. The van der Waals surface area contributed by atoms with Gasteiger partial charge in [-0.2, -0.15) is 0 Å². The lowest BCUT2D eigenvalue weighted by Crippen LogP contribution is -2.36. The van der Waals surface area contributed by atoms with E-state index in [1.165, 1.54) is 18.9 Å². The van der Waals surface area contributed by atoms with Crippen LogP contribution in [0.3, 0.4) is 0 Å². The zero-order valence-corrected chi connectivity index (χ0v) is 11.4. The molecular weight excluding hydrogens is 227 g/mol. The van der Waals surface area contributed by atoms with Crippen LogP contribution in [0.4, 0.5) is 4.39 Å². The Morgan fingerprint density at radius 2 is 2.17 bits per heavy atom. The molecule has 0 aliphatic carbocycles. The maximum Gasteiger partial charge on any atom is 0.127 e. The van der Waals surface area contributed by atoms with E-state index >= 15 is 0 Å². The average Bonchev–Trinajstić information content (AvgIpc) is 2.81. The number of benzene rings is 1. The van der Waals surface area contributed by atoms with Crippen molar-refractivity contribution in [3.8, 4) is 0 Å². The third-order valence-electron chi connectivity index (χ3n) is 4.09. The van der Waals surface area contributed by atoms with Gasteiger partial charge < -0.3 is 10.2 Å². The minimum atomic E-state index is -0.0977. The van der Waals surface area contributed by atoms with E-state index in [2.05, 4.69) is 24.2 Å². The topological polar surface area (TPSA) is 15.3 Å². The van der Waals surface area contributed by atoms with Gasteiger partial charge in [-0.1, -0.05) is 25.1 Å². The Morgan fingerprint density at radius 3 is 2.78 bits per heavy atom. The Morgan fingerprint density at radius 1 is 1.39 bits per heavy atom. The standard InChI is InChI=1S/C15H23FN2/c1-3-15(8-9-17-11-15)12-18(2)10-13-6-4-5-7-14(13)16/h4-7,17H,3,8-12H2,1-2H3. The van der Waals surface area contributed by atoms with Gasteiger partial charge in [-0.05, 0) is 37.9 Å². The average molecular weight is 250 g/mol. The summed E-state index contributed by atoms with van der Waals surface area (Å²) >= 11 is 0. The molecule has 0 radical (unpaired) electrons. The van der Waals surface area contributed by atoms with Gasteiger partial charge in [-0.25, -0.2) is 4.39 Å². The summed E-state index contributed by atoms with van der Waals surface area (Å²) in [6.07, 6.45) is 2.41. The smallest absolute Gasteiger partial charge is 0.127 e. The van der Waals surface area contributed by atoms with Gasteiger partial charge in [-0.3, -0.25) is 0 Å². The van der Waals surface area contributed by atoms with Crippen LogP contribution in [0.2, 0.25) is 0 Å². The van der Waals surface area contributed by atoms with Gasteiger partial charge in [-0.15, -0.1) is 0 Å². The van der Waals surface area contributed by atoms with E-state index in [4.69, 9.17) is 0 Å². The molecule has 1 aliphatic rings. The molecule has 1 aromatic rings. The second kappa shape index (κ2) is 5.81. The van der Waals surface area contributed by atoms with Crippen LogP contribution < -0.4 is 5.32 Å². The summed E-state index contributed by atoms with van der Waals surface area (Å²) in [6, 6.07) is 7.06. The zero-order valence-electron chi connectivity index (χ0n) is 11.4. The highest BCUT2D eigenvalue weighted by Crippen LogP contribution is 2.30. The number of nitrogens with one attached hydrogen (secondary N) is 1. The molecule has 1 heterocycles. The largest absolute Gasteiger partial charge is 0.316 e. The molecule has 1 fully saturated rings. The first-order chi connectivity index (χ1) is 8.65. The SMILES string of the molecule is CCC1(CN(C)Cc2ccccc2F)CCNC1. The summed E-state index contributed by atoms with van der Waals surface area (Å²) in [5.74, 6) is -0.0977. The van der Waals surface area contributed by atoms with Crippen molar-refractivity contribution in [2.24, 2.45) is 5.41 Å². The highest BCUT2D eigenvalue weighted by molar-refractivity contribution is 5.17. The van der Waals surface area contributed by atoms with Gasteiger partial charge in [0.25, 0.3) is 0 Å². The quantitative estimate of drug-likeness (QED) is 0.864. The van der Waals surface area contributed by atoms with Gasteiger partial charge in [0.2, 0.25) is 0 Å². The fourth-order valence-corrected chi connectivity index (χ4v) is 2.89. The van der Waals surface area contributed by atoms with Crippen molar-refractivity contribution in [3.05, 3.63) is 35.6 Å². The third kappa shape index (κ3) is 3.09. The summed E-state index contributed by atoms with van der Waals surface area (Å²) in [7, 11) is 2.09. The summed E-state index contributed by atoms with van der Waals surface area (Å²) in [4.78, 5) is 2.24. The van der Waals surface area contributed by atoms with Crippen molar-refractivity contribution < 1.29 is 4.39 Å². The minimum Gasteiger partial charge on any atom is -0.316 e. The second-order valence-corrected chi connectivity index (χ2v) is 5.54. The van der Waals surface area contributed by atoms with Crippen molar-refractivity contribution in [3.63, 3.8) is 0 Å². The summed E-state index contributed by atoms with van der Waals surface area (Å²) in [6.45, 7) is 6.18. The monoisotopic (exact) mass is 250 g/mol. The molecule has 1 unspecified atom stereocenters. The maximum atomic E-state index is 13.6. The highest BCUT2D eigenvalue weighted by Gasteiger charge is 2.32. The minimum absolute atomic E-state index is 0.0977. The molecule has 2 nitrogen and oxygen atoms in total. The van der Waals surface area contributed by atoms with Gasteiger partial charge >= 0.3 is 0 Å². The Labute approximate surface area is 109 Å². The van der Waals surface area contributed by atoms with Crippen LogP contribution in [0, 0.1) is 11.2 Å². The fraction of sp³-hybridized carbons (Fsp3) is 0.600. The molecule has 0 amide bonds. The van der Waals surface area contributed by atoms with Gasteiger partial charge in [0.15, 0.2) is 0 Å². The van der Waals surface area contributed by atoms with Crippen molar-refractivity contribution in [2.75, 3.05) is 26.7 Å². The Hall–Kier alpha value is -0.930. The predicted octanol–water partition coefficient (Wildman–Crippen LogP) is 2.65. The molecule has 18 heavy (non-hydrogen) atoms. The number of hydrogen-bond donors (Lipinski definition) is 1. The molecule has 0 spiro atoms. The van der Waals surface area contributed by atoms with Crippen LogP contribution >= 0.6 is 0 Å². The van der Waals surface area contributed by atoms with Crippen LogP contribution in [0.5, 0.6) is 0 Å². The number of rotatable bonds is 5. The van der Waals surface area contributed by atoms with E-state index in [1.807, 2.05) is 12.1 Å². The van der Waals surface area contributed by atoms with Crippen molar-refractivity contribution in [2.45, 2.75) is 26.3 Å². The summed E-state index contributed by atoms with van der Waals surface area (Å²) in [5, 5.41) is 3.44. The van der Waals surface area contributed by atoms with Crippen LogP contribution in [-0.2, 0) is 6.54 Å². The molecule has 100 valence electrons. The van der Waals surface area contributed by atoms with E-state index in [0.29, 0.717) is 12.0 Å². The lowest BCUT2D eigenvalue weighted by atomic mass is 9.84. The summed E-state index contributed by atoms with van der Waals surface area (Å²) in [5.41, 5.74) is 1.16. The predicted molar refractivity (Wildman–Crippen MR) is 72.9 cm³/mol. The lowest BCUT2D eigenvalue weighted by molar-refractivity contribution is 0.178. The highest BCUT2D eigenvalue weighted by atomic mass is 19.1. The van der Waals surface area contributed by atoms with Crippen molar-refractivity contribution >= 4 is 0 Å². The molecule has 3 heteroatoms. The molecule has 1 aromatic carbocycles. The van der Waals surface area contributed by atoms with Crippen LogP contribution in [0.15, 0.2) is 24.3 Å². The van der Waals surface area contributed by atoms with E-state index in [9.17, 15) is 4.39 Å². The molecule has 0 saturated carbocycles. The molecule has 1 N–H and O–H groups in total. The maximum absolute atomic E-state index is 13.6. The van der Waals surface area contributed by atoms with Gasteiger partial charge in [0.1, 0.15) is 5.82 Å². The van der Waals surface area contributed by atoms with Gasteiger partial charge in [0.05, 0.1) is 0 Å². The van der Waals surface area contributed by atoms with Crippen molar-refractivity contribution in [1.29, 1.82) is 0 Å². The van der Waals surface area contributed by atoms with E-state index < -0.39 is 0 Å². The first kappa shape index (κ1) is 13.5. The van der Waals surface area contributed by atoms with E-state index in [1.54, 1.807) is 6.07 Å². The first-order valence-corrected chi connectivity index (χ1v) is 6.78. The third-order valence-corrected chi connectivity index (χ3v) is 4.09. The normalized spacial score (nSPS) is 23.8. The van der Waals surface area contributed by atoms with E-state index in [-0.39, 0.29) is 5.82 Å². The molecule has 0 bridgehead atoms. The molecule has 1 aliphatic heterocycles. The van der Waals surface area contributed by atoms with Crippen LogP contribution in [0.1, 0.15) is 25.3 Å². The van der Waals surface area contributed by atoms with Crippen molar-refractivity contribution in [1.82, 2.24) is 10.2 Å². The van der Waals surface area contributed by atoms with Gasteiger partial charge in [0, 0.05) is 25.2 Å².